The van der Waals surface area contributed by atoms with Crippen molar-refractivity contribution >= 4 is 17.2 Å². The number of azo groups is 1. The highest BCUT2D eigenvalue weighted by Gasteiger charge is 2.14. The zero-order valence-electron chi connectivity index (χ0n) is 14.6. The van der Waals surface area contributed by atoms with Gasteiger partial charge in [-0.1, -0.05) is 30.3 Å². The van der Waals surface area contributed by atoms with E-state index in [1.807, 2.05) is 40.9 Å². The molecule has 2 aromatic heterocycles. The molecule has 0 bridgehead atoms. The third-order valence-corrected chi connectivity index (χ3v) is 4.42. The number of benzene rings is 2. The summed E-state index contributed by atoms with van der Waals surface area (Å²) >= 11 is 0. The number of hydrogen-bond acceptors (Lipinski definition) is 4. The molecule has 26 heavy (non-hydrogen) atoms. The van der Waals surface area contributed by atoms with Crippen LogP contribution in [0.5, 0.6) is 5.75 Å². The van der Waals surface area contributed by atoms with Gasteiger partial charge in [0.25, 0.3) is 0 Å². The van der Waals surface area contributed by atoms with E-state index in [4.69, 9.17) is 4.98 Å². The second kappa shape index (κ2) is 6.44. The maximum atomic E-state index is 9.93. The molecule has 0 aliphatic heterocycles. The van der Waals surface area contributed by atoms with Crippen molar-refractivity contribution in [1.29, 1.82) is 0 Å². The first-order valence-corrected chi connectivity index (χ1v) is 8.38. The van der Waals surface area contributed by atoms with Crippen molar-refractivity contribution in [3.8, 4) is 17.0 Å². The number of fused-ring (bicyclic) bond motifs is 1. The molecule has 4 aromatic rings. The minimum absolute atomic E-state index is 0.0952. The average Bonchev–Trinajstić information content (AvgIpc) is 3.02. The number of pyridine rings is 1. The van der Waals surface area contributed by atoms with Crippen molar-refractivity contribution < 1.29 is 5.11 Å². The van der Waals surface area contributed by atoms with Crippen molar-refractivity contribution in [3.05, 3.63) is 78.0 Å². The molecule has 5 nitrogen and oxygen atoms in total. The summed E-state index contributed by atoms with van der Waals surface area (Å²) in [6.07, 6.45) is 1.91. The van der Waals surface area contributed by atoms with Crippen LogP contribution in [0.2, 0.25) is 0 Å². The molecular formula is C21H18N4O. The summed E-state index contributed by atoms with van der Waals surface area (Å²) < 4.78 is 1.90. The predicted octanol–water partition coefficient (Wildman–Crippen LogP) is 5.74. The number of hydrogen-bond donors (Lipinski definition) is 1. The van der Waals surface area contributed by atoms with Gasteiger partial charge in [0.1, 0.15) is 22.8 Å². The SMILES string of the molecule is Cc1ccc(-c2nc3ccccn3c2N=Nc2ccccc2O)cc1C. The van der Waals surface area contributed by atoms with E-state index >= 15 is 0 Å². The van der Waals surface area contributed by atoms with Gasteiger partial charge >= 0.3 is 0 Å². The molecule has 5 heteroatoms. The third-order valence-electron chi connectivity index (χ3n) is 4.42. The number of phenols is 1. The molecule has 128 valence electrons. The van der Waals surface area contributed by atoms with Gasteiger partial charge in [0.15, 0.2) is 5.82 Å². The van der Waals surface area contributed by atoms with Crippen LogP contribution >= 0.6 is 0 Å². The van der Waals surface area contributed by atoms with Gasteiger partial charge in [-0.2, -0.15) is 0 Å². The fourth-order valence-corrected chi connectivity index (χ4v) is 2.81. The first-order chi connectivity index (χ1) is 12.6. The summed E-state index contributed by atoms with van der Waals surface area (Å²) in [7, 11) is 0. The Morgan fingerprint density at radius 3 is 2.50 bits per heavy atom. The van der Waals surface area contributed by atoms with Crippen molar-refractivity contribution in [2.24, 2.45) is 10.2 Å². The first kappa shape index (κ1) is 16.0. The number of phenolic OH excluding ortho intramolecular Hbond substituents is 1. The van der Waals surface area contributed by atoms with Crippen molar-refractivity contribution in [3.63, 3.8) is 0 Å². The second-order valence-electron chi connectivity index (χ2n) is 6.20. The second-order valence-corrected chi connectivity index (χ2v) is 6.20. The van der Waals surface area contributed by atoms with E-state index in [1.54, 1.807) is 18.2 Å². The molecule has 0 radical (unpaired) electrons. The van der Waals surface area contributed by atoms with E-state index < -0.39 is 0 Å². The lowest BCUT2D eigenvalue weighted by Crippen LogP contribution is -1.84. The number of aromatic nitrogens is 2. The highest BCUT2D eigenvalue weighted by Crippen LogP contribution is 2.34. The number of rotatable bonds is 3. The Morgan fingerprint density at radius 2 is 1.69 bits per heavy atom. The van der Waals surface area contributed by atoms with Crippen molar-refractivity contribution in [2.75, 3.05) is 0 Å². The third kappa shape index (κ3) is 2.84. The van der Waals surface area contributed by atoms with Gasteiger partial charge in [-0.05, 0) is 55.3 Å². The lowest BCUT2D eigenvalue weighted by molar-refractivity contribution is 0.476. The molecule has 0 amide bonds. The van der Waals surface area contributed by atoms with Crippen molar-refractivity contribution in [1.82, 2.24) is 9.38 Å². The molecule has 0 unspecified atom stereocenters. The minimum atomic E-state index is 0.0952. The number of nitrogens with zero attached hydrogens (tertiary/aromatic N) is 4. The largest absolute Gasteiger partial charge is 0.506 e. The predicted molar refractivity (Wildman–Crippen MR) is 102 cm³/mol. The number of aromatic hydroxyl groups is 1. The average molecular weight is 342 g/mol. The molecule has 0 atom stereocenters. The van der Waals surface area contributed by atoms with E-state index in [-0.39, 0.29) is 5.75 Å². The van der Waals surface area contributed by atoms with Crippen LogP contribution in [0.15, 0.2) is 77.1 Å². The Hall–Kier alpha value is -3.47. The summed E-state index contributed by atoms with van der Waals surface area (Å²) in [6, 6.07) is 18.9. The van der Waals surface area contributed by atoms with Gasteiger partial charge in [-0.15, -0.1) is 10.2 Å². The summed E-state index contributed by atoms with van der Waals surface area (Å²) in [4.78, 5) is 4.74. The smallest absolute Gasteiger partial charge is 0.187 e. The Bertz CT molecular complexity index is 1130. The maximum Gasteiger partial charge on any atom is 0.187 e. The Labute approximate surface area is 151 Å². The standard InChI is InChI=1S/C21H18N4O/c1-14-10-11-16(13-15(14)2)20-21(25-12-6-5-9-19(25)22-20)24-23-17-7-3-4-8-18(17)26/h3-13,26H,1-2H3. The lowest BCUT2D eigenvalue weighted by Gasteiger charge is -2.04. The van der Waals surface area contributed by atoms with Crippen LogP contribution in [0, 0.1) is 13.8 Å². The van der Waals surface area contributed by atoms with Crippen LogP contribution < -0.4 is 0 Å². The molecule has 0 fully saturated rings. The topological polar surface area (TPSA) is 62.2 Å². The van der Waals surface area contributed by atoms with E-state index in [2.05, 4.69) is 36.2 Å². The molecule has 2 aromatic carbocycles. The fraction of sp³-hybridized carbons (Fsp3) is 0.0952. The highest BCUT2D eigenvalue weighted by atomic mass is 16.3. The molecule has 0 aliphatic rings. The van der Waals surface area contributed by atoms with E-state index in [1.165, 1.54) is 11.1 Å². The summed E-state index contributed by atoms with van der Waals surface area (Å²) in [5.74, 6) is 0.727. The van der Waals surface area contributed by atoms with Crippen LogP contribution in [-0.2, 0) is 0 Å². The fourth-order valence-electron chi connectivity index (χ4n) is 2.81. The van der Waals surface area contributed by atoms with Gasteiger partial charge in [0.2, 0.25) is 0 Å². The van der Waals surface area contributed by atoms with Gasteiger partial charge in [0.05, 0.1) is 0 Å². The van der Waals surface area contributed by atoms with E-state index in [9.17, 15) is 5.11 Å². The highest BCUT2D eigenvalue weighted by molar-refractivity contribution is 5.75. The minimum Gasteiger partial charge on any atom is -0.506 e. The molecular weight excluding hydrogens is 324 g/mol. The van der Waals surface area contributed by atoms with E-state index in [0.29, 0.717) is 11.5 Å². The lowest BCUT2D eigenvalue weighted by atomic mass is 10.0. The molecule has 0 spiro atoms. The van der Waals surface area contributed by atoms with Crippen LogP contribution in [0.3, 0.4) is 0 Å². The van der Waals surface area contributed by atoms with Gasteiger partial charge in [-0.3, -0.25) is 4.40 Å². The van der Waals surface area contributed by atoms with Crippen LogP contribution in [0.4, 0.5) is 11.5 Å². The van der Waals surface area contributed by atoms with Crippen molar-refractivity contribution in [2.45, 2.75) is 13.8 Å². The Balaban J connectivity index is 1.89. The van der Waals surface area contributed by atoms with Gasteiger partial charge < -0.3 is 5.11 Å². The maximum absolute atomic E-state index is 9.93. The molecule has 2 heterocycles. The van der Waals surface area contributed by atoms with Crippen LogP contribution in [0.1, 0.15) is 11.1 Å². The monoisotopic (exact) mass is 342 g/mol. The quantitative estimate of drug-likeness (QED) is 0.483. The molecule has 0 saturated heterocycles. The number of aryl methyl sites for hydroxylation is 2. The molecule has 0 saturated carbocycles. The first-order valence-electron chi connectivity index (χ1n) is 8.38. The van der Waals surface area contributed by atoms with E-state index in [0.717, 1.165) is 16.9 Å². The molecule has 0 aliphatic carbocycles. The Kier molecular flexibility index (Phi) is 3.97. The van der Waals surface area contributed by atoms with Crippen LogP contribution in [0.25, 0.3) is 16.9 Å². The number of imidazole rings is 1. The zero-order valence-corrected chi connectivity index (χ0v) is 14.6. The normalized spacial score (nSPS) is 11.5. The molecule has 1 N–H and O–H groups in total. The summed E-state index contributed by atoms with van der Waals surface area (Å²) in [6.45, 7) is 4.17. The Morgan fingerprint density at radius 1 is 0.885 bits per heavy atom. The summed E-state index contributed by atoms with van der Waals surface area (Å²) in [5, 5.41) is 18.6. The zero-order chi connectivity index (χ0) is 18.1. The molecule has 4 rings (SSSR count). The number of para-hydroxylation sites is 1. The van der Waals surface area contributed by atoms with Gasteiger partial charge in [-0.25, -0.2) is 4.98 Å². The van der Waals surface area contributed by atoms with Gasteiger partial charge in [0, 0.05) is 11.8 Å². The summed E-state index contributed by atoms with van der Waals surface area (Å²) in [5.41, 5.74) is 5.40. The van der Waals surface area contributed by atoms with Crippen LogP contribution in [-0.4, -0.2) is 14.5 Å².